The second kappa shape index (κ2) is 9.17. The van der Waals surface area contributed by atoms with Gasteiger partial charge >= 0.3 is 0 Å². The molecule has 31 heavy (non-hydrogen) atoms. The molecule has 4 rings (SSSR count). The molecule has 1 aliphatic rings. The molecule has 6 nitrogen and oxygen atoms in total. The third kappa shape index (κ3) is 4.79. The van der Waals surface area contributed by atoms with Gasteiger partial charge in [-0.05, 0) is 48.5 Å². The van der Waals surface area contributed by atoms with E-state index >= 15 is 0 Å². The molecule has 0 N–H and O–H groups in total. The molecule has 160 valence electrons. The first kappa shape index (κ1) is 21.5. The lowest BCUT2D eigenvalue weighted by Crippen LogP contribution is -2.50. The molecule has 0 aliphatic carbocycles. The summed E-state index contributed by atoms with van der Waals surface area (Å²) in [5.41, 5.74) is 0.492. The summed E-state index contributed by atoms with van der Waals surface area (Å²) < 4.78 is 40.0. The van der Waals surface area contributed by atoms with E-state index in [0.717, 1.165) is 17.0 Å². The molecule has 2 heterocycles. The highest BCUT2D eigenvalue weighted by atomic mass is 32.2. The molecule has 1 amide bonds. The fourth-order valence-corrected chi connectivity index (χ4v) is 5.61. The van der Waals surface area contributed by atoms with E-state index in [9.17, 15) is 17.6 Å². The zero-order valence-electron chi connectivity index (χ0n) is 16.5. The van der Waals surface area contributed by atoms with Crippen LogP contribution >= 0.6 is 11.8 Å². The van der Waals surface area contributed by atoms with Crippen LogP contribution in [0.15, 0.2) is 87.7 Å². The van der Waals surface area contributed by atoms with Crippen LogP contribution in [0.3, 0.4) is 0 Å². The normalized spacial score (nSPS) is 15.1. The molecule has 3 aromatic rings. The summed E-state index contributed by atoms with van der Waals surface area (Å²) in [5.74, 6) is -0.666. The van der Waals surface area contributed by atoms with Crippen molar-refractivity contribution in [2.24, 2.45) is 0 Å². The molecule has 0 spiro atoms. The third-order valence-corrected chi connectivity index (χ3v) is 7.88. The van der Waals surface area contributed by atoms with Gasteiger partial charge in [-0.1, -0.05) is 30.0 Å². The molecule has 1 saturated heterocycles. The maximum absolute atomic E-state index is 13.1. The predicted molar refractivity (Wildman–Crippen MR) is 116 cm³/mol. The number of amides is 1. The number of piperazine rings is 1. The zero-order chi connectivity index (χ0) is 21.8. The summed E-state index contributed by atoms with van der Waals surface area (Å²) in [6.45, 7) is 0.882. The molecular weight excluding hydrogens is 437 g/mol. The Morgan fingerprint density at radius 1 is 0.903 bits per heavy atom. The summed E-state index contributed by atoms with van der Waals surface area (Å²) in [5, 5.41) is 0.611. The number of hydrogen-bond donors (Lipinski definition) is 0. The highest BCUT2D eigenvalue weighted by molar-refractivity contribution is 7.99. The standard InChI is InChI=1S/C22H20FN3O3S2/c23-17-8-10-19(11-9-17)31(28,29)26-15-13-25(14-16-26)22(27)20-7-4-12-24-21(20)30-18-5-2-1-3-6-18/h1-12H,13-16H2. The van der Waals surface area contributed by atoms with Crippen LogP contribution in [-0.4, -0.2) is 54.7 Å². The number of hydrogen-bond acceptors (Lipinski definition) is 5. The number of rotatable bonds is 5. The van der Waals surface area contributed by atoms with Gasteiger partial charge in [-0.25, -0.2) is 17.8 Å². The fourth-order valence-electron chi connectivity index (χ4n) is 3.29. The number of benzene rings is 2. The van der Waals surface area contributed by atoms with Gasteiger partial charge in [0, 0.05) is 37.3 Å². The van der Waals surface area contributed by atoms with Crippen LogP contribution in [0.25, 0.3) is 0 Å². The number of sulfonamides is 1. The van der Waals surface area contributed by atoms with E-state index in [1.54, 1.807) is 23.2 Å². The predicted octanol–water partition coefficient (Wildman–Crippen LogP) is 3.52. The first-order valence-corrected chi connectivity index (χ1v) is 11.9. The lowest BCUT2D eigenvalue weighted by Gasteiger charge is -2.34. The molecule has 9 heteroatoms. The van der Waals surface area contributed by atoms with Crippen LogP contribution in [0.1, 0.15) is 10.4 Å². The highest BCUT2D eigenvalue weighted by Gasteiger charge is 2.31. The fraction of sp³-hybridized carbons (Fsp3) is 0.182. The minimum Gasteiger partial charge on any atom is -0.336 e. The first-order valence-electron chi connectivity index (χ1n) is 9.68. The van der Waals surface area contributed by atoms with Crippen molar-refractivity contribution < 1.29 is 17.6 Å². The molecule has 2 aromatic carbocycles. The smallest absolute Gasteiger partial charge is 0.256 e. The van der Waals surface area contributed by atoms with Gasteiger partial charge in [-0.2, -0.15) is 4.31 Å². The van der Waals surface area contributed by atoms with Crippen molar-refractivity contribution in [2.45, 2.75) is 14.8 Å². The van der Waals surface area contributed by atoms with Gasteiger partial charge in [-0.3, -0.25) is 4.79 Å². The van der Waals surface area contributed by atoms with Crippen molar-refractivity contribution in [3.8, 4) is 0 Å². The number of carbonyl (C=O) groups excluding carboxylic acids is 1. The van der Waals surface area contributed by atoms with E-state index in [0.29, 0.717) is 10.6 Å². The Morgan fingerprint density at radius 3 is 2.26 bits per heavy atom. The number of carbonyl (C=O) groups is 1. The van der Waals surface area contributed by atoms with Gasteiger partial charge in [0.15, 0.2) is 0 Å². The Labute approximate surface area is 184 Å². The first-order chi connectivity index (χ1) is 14.9. The second-order valence-corrected chi connectivity index (χ2v) is 9.92. The second-order valence-electron chi connectivity index (χ2n) is 6.92. The molecule has 0 saturated carbocycles. The van der Waals surface area contributed by atoms with E-state index in [-0.39, 0.29) is 37.0 Å². The largest absolute Gasteiger partial charge is 0.336 e. The Hall–Kier alpha value is -2.75. The van der Waals surface area contributed by atoms with Gasteiger partial charge < -0.3 is 4.90 Å². The monoisotopic (exact) mass is 457 g/mol. The Bertz CT molecular complexity index is 1160. The Balaban J connectivity index is 1.46. The van der Waals surface area contributed by atoms with Crippen molar-refractivity contribution in [1.82, 2.24) is 14.2 Å². The summed E-state index contributed by atoms with van der Waals surface area (Å²) >= 11 is 1.41. The van der Waals surface area contributed by atoms with Crippen molar-refractivity contribution in [3.63, 3.8) is 0 Å². The minimum atomic E-state index is -3.73. The Kier molecular flexibility index (Phi) is 6.35. The molecule has 0 atom stereocenters. The van der Waals surface area contributed by atoms with Gasteiger partial charge in [0.05, 0.1) is 10.5 Å². The summed E-state index contributed by atoms with van der Waals surface area (Å²) in [4.78, 5) is 20.2. The van der Waals surface area contributed by atoms with Crippen molar-refractivity contribution in [1.29, 1.82) is 0 Å². The van der Waals surface area contributed by atoms with Gasteiger partial charge in [0.25, 0.3) is 5.91 Å². The van der Waals surface area contributed by atoms with E-state index in [2.05, 4.69) is 4.98 Å². The highest BCUT2D eigenvalue weighted by Crippen LogP contribution is 2.29. The minimum absolute atomic E-state index is 0.0440. The summed E-state index contributed by atoms with van der Waals surface area (Å²) in [6, 6.07) is 17.9. The molecular formula is C22H20FN3O3S2. The summed E-state index contributed by atoms with van der Waals surface area (Å²) in [6.07, 6.45) is 1.65. The van der Waals surface area contributed by atoms with E-state index in [1.165, 1.54) is 28.2 Å². The van der Waals surface area contributed by atoms with Crippen LogP contribution in [0.5, 0.6) is 0 Å². The summed E-state index contributed by atoms with van der Waals surface area (Å²) in [7, 11) is -3.73. The van der Waals surface area contributed by atoms with Gasteiger partial charge in [0.1, 0.15) is 10.8 Å². The van der Waals surface area contributed by atoms with Crippen molar-refractivity contribution in [2.75, 3.05) is 26.2 Å². The number of aromatic nitrogens is 1. The number of pyridine rings is 1. The SMILES string of the molecule is O=C(c1cccnc1Sc1ccccc1)N1CCN(S(=O)(=O)c2ccc(F)cc2)CC1. The van der Waals surface area contributed by atoms with Crippen LogP contribution in [0.4, 0.5) is 4.39 Å². The van der Waals surface area contributed by atoms with Crippen LogP contribution in [-0.2, 0) is 10.0 Å². The lowest BCUT2D eigenvalue weighted by molar-refractivity contribution is 0.0693. The number of halogens is 1. The maximum atomic E-state index is 13.1. The average molecular weight is 458 g/mol. The van der Waals surface area contributed by atoms with Crippen LogP contribution in [0, 0.1) is 5.82 Å². The lowest BCUT2D eigenvalue weighted by atomic mass is 10.2. The number of nitrogens with zero attached hydrogens (tertiary/aromatic N) is 3. The molecule has 1 aromatic heterocycles. The molecule has 0 bridgehead atoms. The van der Waals surface area contributed by atoms with Crippen molar-refractivity contribution in [3.05, 3.63) is 84.3 Å². The molecule has 0 unspecified atom stereocenters. The van der Waals surface area contributed by atoms with E-state index < -0.39 is 15.8 Å². The van der Waals surface area contributed by atoms with Gasteiger partial charge in [-0.15, -0.1) is 0 Å². The van der Waals surface area contributed by atoms with Crippen molar-refractivity contribution >= 4 is 27.7 Å². The average Bonchev–Trinajstić information content (AvgIpc) is 2.80. The molecule has 1 aliphatic heterocycles. The van der Waals surface area contributed by atoms with Crippen LogP contribution < -0.4 is 0 Å². The zero-order valence-corrected chi connectivity index (χ0v) is 18.2. The quantitative estimate of drug-likeness (QED) is 0.586. The van der Waals surface area contributed by atoms with Gasteiger partial charge in [0.2, 0.25) is 10.0 Å². The third-order valence-electron chi connectivity index (χ3n) is 4.94. The molecule has 1 fully saturated rings. The topological polar surface area (TPSA) is 70.6 Å². The Morgan fingerprint density at radius 2 is 1.58 bits per heavy atom. The molecule has 0 radical (unpaired) electrons. The van der Waals surface area contributed by atoms with E-state index in [4.69, 9.17) is 0 Å². The maximum Gasteiger partial charge on any atom is 0.256 e. The van der Waals surface area contributed by atoms with E-state index in [1.807, 2.05) is 30.3 Å². The van der Waals surface area contributed by atoms with Crippen LogP contribution in [0.2, 0.25) is 0 Å².